The van der Waals surface area contributed by atoms with Gasteiger partial charge in [-0.25, -0.2) is 0 Å². The molecule has 0 atom stereocenters. The SMILES string of the molecule is CCC[CH2][Sn]([CH2]CCC)([CH2]CCC)[N](C=C(CC)CC)CC(C)C. The van der Waals surface area contributed by atoms with Crippen LogP contribution in [-0.4, -0.2) is 28.3 Å². The molecule has 0 aliphatic heterocycles. The van der Waals surface area contributed by atoms with E-state index in [2.05, 4.69) is 57.8 Å². The number of nitrogens with zero attached hydrogens (tertiary/aromatic N) is 1. The monoisotopic (exact) mass is 445 g/mol. The maximum atomic E-state index is 3.02. The molecule has 0 aliphatic carbocycles. The first-order valence-electron chi connectivity index (χ1n) is 11.0. The summed E-state index contributed by atoms with van der Waals surface area (Å²) in [5.74, 6) is 0.775. The topological polar surface area (TPSA) is 3.24 Å². The van der Waals surface area contributed by atoms with Crippen molar-refractivity contribution in [3.05, 3.63) is 11.8 Å². The van der Waals surface area contributed by atoms with E-state index in [1.54, 1.807) is 18.9 Å². The number of unbranched alkanes of at least 4 members (excludes halogenated alkanes) is 3. The molecule has 0 fully saturated rings. The second-order valence-electron chi connectivity index (χ2n) is 8.08. The van der Waals surface area contributed by atoms with Gasteiger partial charge in [0.25, 0.3) is 0 Å². The van der Waals surface area contributed by atoms with Gasteiger partial charge in [0.15, 0.2) is 0 Å². The molecule has 2 heteroatoms. The summed E-state index contributed by atoms with van der Waals surface area (Å²) < 4.78 is 7.75. The minimum absolute atomic E-state index is 0.775. The summed E-state index contributed by atoms with van der Waals surface area (Å²) in [6, 6.07) is 0. The molecule has 0 amide bonds. The van der Waals surface area contributed by atoms with Gasteiger partial charge in [-0.15, -0.1) is 0 Å². The Kier molecular flexibility index (Phi) is 14.7. The fourth-order valence-electron chi connectivity index (χ4n) is 3.75. The van der Waals surface area contributed by atoms with Gasteiger partial charge in [-0.3, -0.25) is 0 Å². The standard InChI is InChI=1S/C10H20N.3C4H9.Sn/c1-5-10(6-2)8-11-7-9(3)4;3*1-3-4-2;/h8-9H,5-7H2,1-4H3;3*1,3-4H2,2H3;/q-1;;;;+1. The molecule has 0 saturated carbocycles. The van der Waals surface area contributed by atoms with Crippen LogP contribution in [-0.2, 0) is 0 Å². The molecule has 144 valence electrons. The van der Waals surface area contributed by atoms with Crippen molar-refractivity contribution in [2.75, 3.05) is 6.54 Å². The first kappa shape index (κ1) is 24.3. The summed E-state index contributed by atoms with van der Waals surface area (Å²) in [6.07, 6.45) is 13.6. The van der Waals surface area contributed by atoms with Crippen molar-refractivity contribution in [1.82, 2.24) is 3.12 Å². The molecule has 0 heterocycles. The normalized spacial score (nSPS) is 11.8. The minimum atomic E-state index is -2.30. The van der Waals surface area contributed by atoms with Gasteiger partial charge >= 0.3 is 159 Å². The Balaban J connectivity index is 5.71. The van der Waals surface area contributed by atoms with Gasteiger partial charge in [-0.1, -0.05) is 0 Å². The van der Waals surface area contributed by atoms with Gasteiger partial charge in [0.1, 0.15) is 0 Å². The average molecular weight is 444 g/mol. The van der Waals surface area contributed by atoms with E-state index in [1.807, 2.05) is 0 Å². The van der Waals surface area contributed by atoms with Crippen molar-refractivity contribution >= 4 is 18.7 Å². The molecule has 0 aromatic carbocycles. The Hall–Kier alpha value is 0.339. The number of allylic oxidation sites excluding steroid dienone is 1. The quantitative estimate of drug-likeness (QED) is 0.231. The Morgan fingerprint density at radius 1 is 0.792 bits per heavy atom. The van der Waals surface area contributed by atoms with Crippen molar-refractivity contribution in [1.29, 1.82) is 0 Å². The zero-order valence-corrected chi connectivity index (χ0v) is 20.9. The predicted octanol–water partition coefficient (Wildman–Crippen LogP) is 7.99. The summed E-state index contributed by atoms with van der Waals surface area (Å²) in [4.78, 5) is 0. The van der Waals surface area contributed by atoms with E-state index in [0.29, 0.717) is 0 Å². The first-order valence-corrected chi connectivity index (χ1v) is 18.3. The molecular weight excluding hydrogens is 397 g/mol. The third kappa shape index (κ3) is 9.15. The number of hydrogen-bond donors (Lipinski definition) is 0. The van der Waals surface area contributed by atoms with Crippen LogP contribution < -0.4 is 0 Å². The fraction of sp³-hybridized carbons (Fsp3) is 0.909. The maximum absolute atomic E-state index is 3.02. The summed E-state index contributed by atoms with van der Waals surface area (Å²) in [5, 5.41) is 0. The van der Waals surface area contributed by atoms with Crippen LogP contribution in [0.15, 0.2) is 11.8 Å². The Morgan fingerprint density at radius 2 is 1.21 bits per heavy atom. The third-order valence-corrected chi connectivity index (χ3v) is 20.8. The van der Waals surface area contributed by atoms with Gasteiger partial charge in [0.2, 0.25) is 0 Å². The van der Waals surface area contributed by atoms with Crippen LogP contribution in [0.25, 0.3) is 0 Å². The molecule has 0 aromatic rings. The van der Waals surface area contributed by atoms with Crippen molar-refractivity contribution in [3.8, 4) is 0 Å². The van der Waals surface area contributed by atoms with Crippen molar-refractivity contribution in [2.45, 2.75) is 113 Å². The van der Waals surface area contributed by atoms with Crippen LogP contribution in [0.3, 0.4) is 0 Å². The van der Waals surface area contributed by atoms with E-state index < -0.39 is 18.7 Å². The zero-order chi connectivity index (χ0) is 18.4. The van der Waals surface area contributed by atoms with Crippen molar-refractivity contribution in [3.63, 3.8) is 0 Å². The molecule has 0 rings (SSSR count). The van der Waals surface area contributed by atoms with E-state index in [1.165, 1.54) is 57.9 Å². The van der Waals surface area contributed by atoms with E-state index in [9.17, 15) is 0 Å². The summed E-state index contributed by atoms with van der Waals surface area (Å²) in [7, 11) is 0. The second kappa shape index (κ2) is 14.5. The molecule has 0 aromatic heterocycles. The second-order valence-corrected chi connectivity index (χ2v) is 21.0. The molecule has 24 heavy (non-hydrogen) atoms. The summed E-state index contributed by atoms with van der Waals surface area (Å²) in [5.41, 5.74) is 1.67. The molecule has 0 unspecified atom stereocenters. The molecule has 0 aliphatic rings. The van der Waals surface area contributed by atoms with E-state index in [0.717, 1.165) is 5.92 Å². The Morgan fingerprint density at radius 3 is 1.50 bits per heavy atom. The van der Waals surface area contributed by atoms with Crippen LogP contribution in [0.2, 0.25) is 13.3 Å². The first-order chi connectivity index (χ1) is 11.5. The molecule has 0 N–H and O–H groups in total. The van der Waals surface area contributed by atoms with Gasteiger partial charge in [-0.2, -0.15) is 0 Å². The molecule has 0 spiro atoms. The van der Waals surface area contributed by atoms with Crippen LogP contribution in [0, 0.1) is 5.92 Å². The van der Waals surface area contributed by atoms with Gasteiger partial charge in [0.05, 0.1) is 0 Å². The fourth-order valence-corrected chi connectivity index (χ4v) is 20.5. The van der Waals surface area contributed by atoms with E-state index in [-0.39, 0.29) is 0 Å². The summed E-state index contributed by atoms with van der Waals surface area (Å²) >= 11 is -2.30. The zero-order valence-electron chi connectivity index (χ0n) is 18.1. The van der Waals surface area contributed by atoms with Crippen molar-refractivity contribution < 1.29 is 0 Å². The summed E-state index contributed by atoms with van der Waals surface area (Å²) in [6.45, 7) is 17.9. The predicted molar refractivity (Wildman–Crippen MR) is 115 cm³/mol. The third-order valence-electron chi connectivity index (χ3n) is 5.40. The molecular formula is C22H47NSn. The van der Waals surface area contributed by atoms with Crippen LogP contribution in [0.4, 0.5) is 0 Å². The van der Waals surface area contributed by atoms with Crippen LogP contribution in [0.1, 0.15) is 99.8 Å². The molecule has 1 nitrogen and oxygen atoms in total. The van der Waals surface area contributed by atoms with Gasteiger partial charge in [-0.05, 0) is 0 Å². The molecule has 0 saturated heterocycles. The van der Waals surface area contributed by atoms with Crippen molar-refractivity contribution in [2.24, 2.45) is 5.92 Å². The molecule has 0 bridgehead atoms. The van der Waals surface area contributed by atoms with E-state index in [4.69, 9.17) is 0 Å². The van der Waals surface area contributed by atoms with E-state index >= 15 is 0 Å². The van der Waals surface area contributed by atoms with Crippen LogP contribution in [0.5, 0.6) is 0 Å². The Bertz CT molecular complexity index is 294. The van der Waals surface area contributed by atoms with Gasteiger partial charge < -0.3 is 0 Å². The average Bonchev–Trinajstić information content (AvgIpc) is 2.58. The Labute approximate surface area is 158 Å². The number of rotatable bonds is 15. The van der Waals surface area contributed by atoms with Gasteiger partial charge in [0, 0.05) is 0 Å². The van der Waals surface area contributed by atoms with Crippen LogP contribution >= 0.6 is 0 Å². The number of hydrogen-bond acceptors (Lipinski definition) is 1. The molecule has 0 radical (unpaired) electrons.